The summed E-state index contributed by atoms with van der Waals surface area (Å²) in [5.41, 5.74) is 3.38. The number of pyridine rings is 1. The van der Waals surface area contributed by atoms with Crippen LogP contribution in [0.25, 0.3) is 16.6 Å². The molecule has 0 radical (unpaired) electrons. The summed E-state index contributed by atoms with van der Waals surface area (Å²) >= 11 is 6.02. The van der Waals surface area contributed by atoms with Crippen LogP contribution in [0.4, 0.5) is 0 Å². The van der Waals surface area contributed by atoms with Crippen LogP contribution in [0.15, 0.2) is 55.1 Å². The number of halogens is 1. The van der Waals surface area contributed by atoms with Crippen LogP contribution in [0.1, 0.15) is 24.2 Å². The topological polar surface area (TPSA) is 77.6 Å². The summed E-state index contributed by atoms with van der Waals surface area (Å²) in [6.07, 6.45) is 7.31. The van der Waals surface area contributed by atoms with Gasteiger partial charge in [-0.3, -0.25) is 14.5 Å². The van der Waals surface area contributed by atoms with Crippen LogP contribution in [0.5, 0.6) is 0 Å². The predicted octanol–water partition coefficient (Wildman–Crippen LogP) is 3.23. The number of nitrogens with one attached hydrogen (secondary N) is 1. The molecule has 3 aromatic heterocycles. The molecule has 0 aliphatic rings. The Labute approximate surface area is 167 Å². The van der Waals surface area contributed by atoms with Gasteiger partial charge in [0.1, 0.15) is 5.69 Å². The molecule has 28 heavy (non-hydrogen) atoms. The van der Waals surface area contributed by atoms with Crippen LogP contribution in [0.2, 0.25) is 5.02 Å². The molecule has 4 aromatic rings. The molecule has 0 aliphatic carbocycles. The van der Waals surface area contributed by atoms with E-state index in [1.165, 1.54) is 0 Å². The van der Waals surface area contributed by atoms with E-state index in [0.29, 0.717) is 10.7 Å². The molecule has 0 fully saturated rings. The second-order valence-electron chi connectivity index (χ2n) is 6.68. The average molecular weight is 395 g/mol. The Morgan fingerprint density at radius 2 is 2.07 bits per heavy atom. The Balaban J connectivity index is 1.48. The quantitative estimate of drug-likeness (QED) is 0.563. The summed E-state index contributed by atoms with van der Waals surface area (Å²) in [7, 11) is 1.86. The molecule has 0 spiro atoms. The smallest absolute Gasteiger partial charge is 0.226 e. The predicted molar refractivity (Wildman–Crippen MR) is 107 cm³/mol. The summed E-state index contributed by atoms with van der Waals surface area (Å²) in [6, 6.07) is 9.22. The minimum atomic E-state index is -0.136. The number of aryl methyl sites for hydroxylation is 1. The first-order chi connectivity index (χ1) is 13.5. The maximum absolute atomic E-state index is 12.4. The van der Waals surface area contributed by atoms with Gasteiger partial charge in [0.2, 0.25) is 5.91 Å². The number of hydrogen-bond donors (Lipinski definition) is 1. The zero-order valence-electron chi connectivity index (χ0n) is 15.5. The fourth-order valence-corrected chi connectivity index (χ4v) is 3.31. The van der Waals surface area contributed by atoms with Gasteiger partial charge in [-0.25, -0.2) is 4.68 Å². The maximum atomic E-state index is 12.4. The minimum Gasteiger partial charge on any atom is -0.349 e. The lowest BCUT2D eigenvalue weighted by atomic mass is 10.1. The lowest BCUT2D eigenvalue weighted by Gasteiger charge is -2.14. The highest BCUT2D eigenvalue weighted by Crippen LogP contribution is 2.19. The maximum Gasteiger partial charge on any atom is 0.226 e. The molecule has 3 heterocycles. The van der Waals surface area contributed by atoms with E-state index < -0.39 is 0 Å². The van der Waals surface area contributed by atoms with Gasteiger partial charge in [0, 0.05) is 17.5 Å². The number of nitrogens with zero attached hydrogens (tertiary/aromatic N) is 5. The number of aromatic nitrogens is 5. The molecule has 4 rings (SSSR count). The molecule has 0 unspecified atom stereocenters. The van der Waals surface area contributed by atoms with Crippen molar-refractivity contribution in [1.82, 2.24) is 29.9 Å². The van der Waals surface area contributed by atoms with Gasteiger partial charge in [-0.1, -0.05) is 23.7 Å². The first kappa shape index (κ1) is 18.2. The van der Waals surface area contributed by atoms with Crippen LogP contribution >= 0.6 is 11.6 Å². The Morgan fingerprint density at radius 3 is 2.82 bits per heavy atom. The van der Waals surface area contributed by atoms with Crippen molar-refractivity contribution >= 4 is 28.4 Å². The Hall–Kier alpha value is -3.19. The molecular weight excluding hydrogens is 376 g/mol. The van der Waals surface area contributed by atoms with Gasteiger partial charge >= 0.3 is 0 Å². The summed E-state index contributed by atoms with van der Waals surface area (Å²) in [6.45, 7) is 1.93. The van der Waals surface area contributed by atoms with Crippen LogP contribution in [0.3, 0.4) is 0 Å². The highest BCUT2D eigenvalue weighted by atomic mass is 35.5. The molecule has 142 valence electrons. The number of carbonyl (C=O) groups excluding carboxylic acids is 1. The summed E-state index contributed by atoms with van der Waals surface area (Å²) in [5.74, 6) is -0.0982. The number of benzene rings is 1. The third-order valence-corrected chi connectivity index (χ3v) is 4.75. The van der Waals surface area contributed by atoms with Crippen molar-refractivity contribution in [2.24, 2.45) is 7.05 Å². The van der Waals surface area contributed by atoms with Gasteiger partial charge in [-0.15, -0.1) is 0 Å². The summed E-state index contributed by atoms with van der Waals surface area (Å²) < 4.78 is 3.50. The van der Waals surface area contributed by atoms with Crippen LogP contribution in [0, 0.1) is 0 Å². The van der Waals surface area contributed by atoms with Gasteiger partial charge in [-0.2, -0.15) is 10.2 Å². The summed E-state index contributed by atoms with van der Waals surface area (Å²) in [5, 5.41) is 13.1. The van der Waals surface area contributed by atoms with Crippen molar-refractivity contribution in [1.29, 1.82) is 0 Å². The zero-order chi connectivity index (χ0) is 19.7. The third kappa shape index (κ3) is 3.75. The van der Waals surface area contributed by atoms with E-state index in [-0.39, 0.29) is 18.4 Å². The number of fused-ring (bicyclic) bond motifs is 1. The molecule has 7 nitrogen and oxygen atoms in total. The van der Waals surface area contributed by atoms with Crippen LogP contribution in [-0.2, 0) is 18.3 Å². The van der Waals surface area contributed by atoms with Crippen molar-refractivity contribution in [3.05, 3.63) is 71.4 Å². The number of amides is 1. The molecule has 1 aromatic carbocycles. The second kappa shape index (κ2) is 7.44. The fraction of sp³-hybridized carbons (Fsp3) is 0.200. The molecule has 0 aliphatic heterocycles. The lowest BCUT2D eigenvalue weighted by molar-refractivity contribution is -0.121. The van der Waals surface area contributed by atoms with E-state index in [9.17, 15) is 4.79 Å². The molecule has 0 saturated carbocycles. The first-order valence-electron chi connectivity index (χ1n) is 8.86. The number of rotatable bonds is 5. The van der Waals surface area contributed by atoms with Crippen molar-refractivity contribution < 1.29 is 4.79 Å². The van der Waals surface area contributed by atoms with Crippen molar-refractivity contribution in [2.75, 3.05) is 0 Å². The largest absolute Gasteiger partial charge is 0.349 e. The van der Waals surface area contributed by atoms with Crippen LogP contribution in [-0.4, -0.2) is 30.5 Å². The Kier molecular flexibility index (Phi) is 4.83. The van der Waals surface area contributed by atoms with Gasteiger partial charge < -0.3 is 5.32 Å². The molecule has 8 heteroatoms. The van der Waals surface area contributed by atoms with E-state index in [2.05, 4.69) is 20.5 Å². The van der Waals surface area contributed by atoms with E-state index in [0.717, 1.165) is 22.2 Å². The van der Waals surface area contributed by atoms with E-state index >= 15 is 0 Å². The first-order valence-corrected chi connectivity index (χ1v) is 9.24. The molecule has 1 amide bonds. The van der Waals surface area contributed by atoms with Crippen LogP contribution < -0.4 is 5.32 Å². The molecule has 0 saturated heterocycles. The fourth-order valence-electron chi connectivity index (χ4n) is 3.11. The highest BCUT2D eigenvalue weighted by Gasteiger charge is 2.13. The Morgan fingerprint density at radius 1 is 1.21 bits per heavy atom. The standard InChI is InChI=1S/C20H19ClN6O/c1-13(14-4-3-5-16(21)6-14)25-20(28)8-17-7-15-9-24-27(19(15)11-22-17)18-10-23-26(2)12-18/h3-7,9-13H,8H2,1-2H3,(H,25,28)/t13-/m1/s1. The van der Waals surface area contributed by atoms with E-state index in [1.807, 2.05) is 50.5 Å². The lowest BCUT2D eigenvalue weighted by Crippen LogP contribution is -2.28. The van der Waals surface area contributed by atoms with Gasteiger partial charge in [0.15, 0.2) is 0 Å². The average Bonchev–Trinajstić information content (AvgIpc) is 3.27. The van der Waals surface area contributed by atoms with Gasteiger partial charge in [0.25, 0.3) is 0 Å². The van der Waals surface area contributed by atoms with Gasteiger partial charge in [0.05, 0.1) is 48.5 Å². The van der Waals surface area contributed by atoms with E-state index in [4.69, 9.17) is 11.6 Å². The zero-order valence-corrected chi connectivity index (χ0v) is 16.3. The summed E-state index contributed by atoms with van der Waals surface area (Å²) in [4.78, 5) is 16.9. The van der Waals surface area contributed by atoms with E-state index in [1.54, 1.807) is 28.0 Å². The normalized spacial score (nSPS) is 12.2. The number of carbonyl (C=O) groups is 1. The third-order valence-electron chi connectivity index (χ3n) is 4.51. The molecule has 1 N–H and O–H groups in total. The minimum absolute atomic E-state index is 0.0982. The molecule has 1 atom stereocenters. The second-order valence-corrected chi connectivity index (χ2v) is 7.12. The molecule has 0 bridgehead atoms. The number of hydrogen-bond acceptors (Lipinski definition) is 4. The SMILES string of the molecule is C[C@@H](NC(=O)Cc1cc2cnn(-c3cnn(C)c3)c2cn1)c1cccc(Cl)c1. The van der Waals surface area contributed by atoms with Crippen molar-refractivity contribution in [2.45, 2.75) is 19.4 Å². The van der Waals surface area contributed by atoms with Gasteiger partial charge in [-0.05, 0) is 30.7 Å². The highest BCUT2D eigenvalue weighted by molar-refractivity contribution is 6.30. The van der Waals surface area contributed by atoms with Crippen molar-refractivity contribution in [3.63, 3.8) is 0 Å². The monoisotopic (exact) mass is 394 g/mol. The Bertz CT molecular complexity index is 1150. The molecular formula is C20H19ClN6O. The van der Waals surface area contributed by atoms with Crippen molar-refractivity contribution in [3.8, 4) is 5.69 Å².